The Morgan fingerprint density at radius 2 is 2.12 bits per heavy atom. The van der Waals surface area contributed by atoms with Crippen molar-refractivity contribution in [2.75, 3.05) is 17.3 Å². The summed E-state index contributed by atoms with van der Waals surface area (Å²) in [6.07, 6.45) is -2.76. The number of carbonyl (C=O) groups excluding carboxylic acids is 1. The van der Waals surface area contributed by atoms with Gasteiger partial charge in [0.05, 0.1) is 27.8 Å². The number of rotatable bonds is 6. The summed E-state index contributed by atoms with van der Waals surface area (Å²) >= 11 is 8.19. The lowest BCUT2D eigenvalue weighted by molar-refractivity contribution is -0.137. The average molecular weight is 398 g/mol. The van der Waals surface area contributed by atoms with E-state index in [2.05, 4.69) is 15.5 Å². The van der Waals surface area contributed by atoms with Crippen molar-refractivity contribution in [1.29, 1.82) is 0 Å². The summed E-state index contributed by atoms with van der Waals surface area (Å²) in [5.74, 6) is 0.0941. The maximum Gasteiger partial charge on any atom is 0.418 e. The first-order valence-corrected chi connectivity index (χ1v) is 9.16. The molecule has 0 spiro atoms. The molecule has 1 aromatic heterocycles. The van der Waals surface area contributed by atoms with E-state index in [0.717, 1.165) is 17.8 Å². The summed E-state index contributed by atoms with van der Waals surface area (Å²) in [7, 11) is 0. The van der Waals surface area contributed by atoms with Crippen molar-refractivity contribution in [3.8, 4) is 0 Å². The van der Waals surface area contributed by atoms with Gasteiger partial charge in [-0.2, -0.15) is 24.9 Å². The Kier molecular flexibility index (Phi) is 6.41. The molecule has 1 aromatic carbocycles. The van der Waals surface area contributed by atoms with Gasteiger partial charge in [0, 0.05) is 0 Å². The number of benzene rings is 1. The van der Waals surface area contributed by atoms with E-state index in [1.807, 2.05) is 6.26 Å². The molecule has 24 heavy (non-hydrogen) atoms. The number of nitrogens with zero attached hydrogens (tertiary/aromatic N) is 2. The van der Waals surface area contributed by atoms with Crippen molar-refractivity contribution in [2.24, 2.45) is 0 Å². The van der Waals surface area contributed by atoms with Crippen molar-refractivity contribution < 1.29 is 22.4 Å². The highest BCUT2D eigenvalue weighted by Gasteiger charge is 2.34. The third kappa shape index (κ3) is 5.05. The quantitative estimate of drug-likeness (QED) is 0.731. The van der Waals surface area contributed by atoms with Crippen molar-refractivity contribution in [3.63, 3.8) is 0 Å². The second-order valence-electron chi connectivity index (χ2n) is 4.39. The van der Waals surface area contributed by atoms with E-state index >= 15 is 0 Å². The molecule has 1 amide bonds. The van der Waals surface area contributed by atoms with Gasteiger partial charge in [0.15, 0.2) is 0 Å². The van der Waals surface area contributed by atoms with Crippen molar-refractivity contribution in [1.82, 2.24) is 10.2 Å². The third-order valence-electron chi connectivity index (χ3n) is 2.63. The smallest absolute Gasteiger partial charge is 0.415 e. The van der Waals surface area contributed by atoms with Gasteiger partial charge in [-0.15, -0.1) is 10.2 Å². The molecule has 0 bridgehead atoms. The van der Waals surface area contributed by atoms with E-state index in [9.17, 15) is 18.0 Å². The predicted molar refractivity (Wildman–Crippen MR) is 87.3 cm³/mol. The first-order chi connectivity index (χ1) is 11.3. The monoisotopic (exact) mass is 397 g/mol. The zero-order chi connectivity index (χ0) is 17.7. The normalized spacial score (nSPS) is 11.5. The number of nitrogens with one attached hydrogen (secondary N) is 1. The molecule has 0 atom stereocenters. The van der Waals surface area contributed by atoms with Gasteiger partial charge < -0.3 is 9.73 Å². The van der Waals surface area contributed by atoms with E-state index in [1.54, 1.807) is 0 Å². The average Bonchev–Trinajstić information content (AvgIpc) is 2.94. The number of carbonyl (C=O) groups is 1. The molecular formula is C13H11ClF3N3O2S2. The summed E-state index contributed by atoms with van der Waals surface area (Å²) in [5.41, 5.74) is -1.47. The number of thioether (sulfide) groups is 2. The number of para-hydroxylation sites is 1. The second kappa shape index (κ2) is 8.13. The van der Waals surface area contributed by atoms with Gasteiger partial charge in [-0.05, 0) is 18.4 Å². The van der Waals surface area contributed by atoms with Gasteiger partial charge in [0.25, 0.3) is 5.22 Å². The molecular weight excluding hydrogens is 387 g/mol. The molecule has 1 heterocycles. The van der Waals surface area contributed by atoms with Crippen LogP contribution in [0.4, 0.5) is 18.9 Å². The molecule has 2 aromatic rings. The fourth-order valence-corrected chi connectivity index (χ4v) is 2.83. The van der Waals surface area contributed by atoms with Crippen molar-refractivity contribution >= 4 is 46.7 Å². The van der Waals surface area contributed by atoms with Crippen LogP contribution in [-0.4, -0.2) is 28.1 Å². The van der Waals surface area contributed by atoms with Gasteiger partial charge in [-0.25, -0.2) is 0 Å². The summed E-state index contributed by atoms with van der Waals surface area (Å²) in [6, 6.07) is 3.29. The highest BCUT2D eigenvalue weighted by molar-refractivity contribution is 7.99. The topological polar surface area (TPSA) is 68.0 Å². The van der Waals surface area contributed by atoms with Crippen LogP contribution in [0.25, 0.3) is 0 Å². The lowest BCUT2D eigenvalue weighted by atomic mass is 10.1. The molecule has 11 heteroatoms. The Bertz CT molecular complexity index is 725. The minimum atomic E-state index is -4.63. The summed E-state index contributed by atoms with van der Waals surface area (Å²) in [4.78, 5) is 11.9. The number of halogens is 4. The van der Waals surface area contributed by atoms with E-state index < -0.39 is 23.3 Å². The van der Waals surface area contributed by atoms with E-state index in [4.69, 9.17) is 16.0 Å². The van der Waals surface area contributed by atoms with Crippen LogP contribution in [0.5, 0.6) is 0 Å². The lowest BCUT2D eigenvalue weighted by Gasteiger charge is -2.14. The number of anilines is 1. The van der Waals surface area contributed by atoms with Crippen molar-refractivity contribution in [2.45, 2.75) is 17.2 Å². The van der Waals surface area contributed by atoms with Crippen LogP contribution in [0.1, 0.15) is 11.5 Å². The number of hydrogen-bond donors (Lipinski definition) is 1. The first-order valence-electron chi connectivity index (χ1n) is 6.41. The molecule has 0 saturated carbocycles. The van der Waals surface area contributed by atoms with Crippen LogP contribution in [0, 0.1) is 0 Å². The SMILES string of the molecule is CSCc1nnc(SCC(=O)Nc2c(Cl)cccc2C(F)(F)F)o1. The van der Waals surface area contributed by atoms with Crippen molar-refractivity contribution in [3.05, 3.63) is 34.7 Å². The molecule has 130 valence electrons. The molecule has 0 radical (unpaired) electrons. The van der Waals surface area contributed by atoms with Gasteiger partial charge in [-0.3, -0.25) is 4.79 Å². The van der Waals surface area contributed by atoms with Gasteiger partial charge in [0.2, 0.25) is 11.8 Å². The van der Waals surface area contributed by atoms with Gasteiger partial charge in [0.1, 0.15) is 0 Å². The van der Waals surface area contributed by atoms with Crippen LogP contribution in [0.3, 0.4) is 0 Å². The standard InChI is InChI=1S/C13H11ClF3N3O2S2/c1-23-6-10-19-20-12(22-10)24-5-9(21)18-11-7(13(15,16)17)3-2-4-8(11)14/h2-4H,5-6H2,1H3,(H,18,21). The second-order valence-corrected chi connectivity index (χ2v) is 6.59. The van der Waals surface area contributed by atoms with E-state index in [1.165, 1.54) is 23.9 Å². The summed E-state index contributed by atoms with van der Waals surface area (Å²) in [5, 5.41) is 9.66. The Morgan fingerprint density at radius 3 is 2.79 bits per heavy atom. The molecule has 0 saturated heterocycles. The minimum absolute atomic E-state index is 0.171. The number of amides is 1. The predicted octanol–water partition coefficient (Wildman–Crippen LogP) is 4.34. The van der Waals surface area contributed by atoms with Crippen LogP contribution < -0.4 is 5.32 Å². The molecule has 2 rings (SSSR count). The molecule has 0 aliphatic rings. The van der Waals surface area contributed by atoms with Crippen LogP contribution in [0.2, 0.25) is 5.02 Å². The van der Waals surface area contributed by atoms with Gasteiger partial charge in [-0.1, -0.05) is 29.4 Å². The molecule has 0 fully saturated rings. The molecule has 0 aliphatic carbocycles. The zero-order valence-corrected chi connectivity index (χ0v) is 14.6. The maximum absolute atomic E-state index is 13.0. The molecule has 1 N–H and O–H groups in total. The highest BCUT2D eigenvalue weighted by Crippen LogP contribution is 2.38. The van der Waals surface area contributed by atoms with Crippen LogP contribution >= 0.6 is 35.1 Å². The number of hydrogen-bond acceptors (Lipinski definition) is 6. The number of alkyl halides is 3. The summed E-state index contributed by atoms with van der Waals surface area (Å²) in [6.45, 7) is 0. The fraction of sp³-hybridized carbons (Fsp3) is 0.308. The summed E-state index contributed by atoms with van der Waals surface area (Å²) < 4.78 is 44.1. The highest BCUT2D eigenvalue weighted by atomic mass is 35.5. The molecule has 0 unspecified atom stereocenters. The maximum atomic E-state index is 13.0. The zero-order valence-electron chi connectivity index (χ0n) is 12.2. The fourth-order valence-electron chi connectivity index (χ4n) is 1.67. The van der Waals surface area contributed by atoms with Gasteiger partial charge >= 0.3 is 6.18 Å². The number of aromatic nitrogens is 2. The Labute approximate surface area is 148 Å². The largest absolute Gasteiger partial charge is 0.418 e. The first kappa shape index (κ1) is 18.9. The van der Waals surface area contributed by atoms with Crippen LogP contribution in [-0.2, 0) is 16.7 Å². The molecule has 5 nitrogen and oxygen atoms in total. The minimum Gasteiger partial charge on any atom is -0.415 e. The van der Waals surface area contributed by atoms with Crippen LogP contribution in [0.15, 0.2) is 27.8 Å². The third-order valence-corrected chi connectivity index (χ3v) is 4.30. The Balaban J connectivity index is 2.02. The van der Waals surface area contributed by atoms with E-state index in [-0.39, 0.29) is 16.0 Å². The molecule has 0 aliphatic heterocycles. The van der Waals surface area contributed by atoms with E-state index in [0.29, 0.717) is 11.6 Å². The Hall–Kier alpha value is -1.39. The Morgan fingerprint density at radius 1 is 1.38 bits per heavy atom. The lowest BCUT2D eigenvalue weighted by Crippen LogP contribution is -2.18.